The minimum absolute atomic E-state index is 0.218. The number of carbonyl (C=O) groups is 3. The number of imide groups is 1. The van der Waals surface area contributed by atoms with E-state index in [9.17, 15) is 14.4 Å². The lowest BCUT2D eigenvalue weighted by molar-refractivity contribution is -0.135. The van der Waals surface area contributed by atoms with E-state index in [4.69, 9.17) is 16.9 Å². The topological polar surface area (TPSA) is 102 Å². The van der Waals surface area contributed by atoms with E-state index >= 15 is 0 Å². The van der Waals surface area contributed by atoms with E-state index in [1.165, 1.54) is 18.2 Å². The minimum atomic E-state index is -0.859. The van der Waals surface area contributed by atoms with Crippen LogP contribution < -0.4 is 10.6 Å². The van der Waals surface area contributed by atoms with Crippen molar-refractivity contribution in [3.05, 3.63) is 28.8 Å². The van der Waals surface area contributed by atoms with Crippen LogP contribution in [0.1, 0.15) is 38.2 Å². The number of anilines is 1. The zero-order valence-corrected chi connectivity index (χ0v) is 15.1. The number of urea groups is 1. The van der Waals surface area contributed by atoms with Crippen LogP contribution >= 0.6 is 11.6 Å². The molecular formula is C18H19ClN4O3. The SMILES string of the molecule is CC1CCC2(CC1)NC(=O)N(CC(=O)Nc1ccc(C#N)c(Cl)c1)C2=O. The van der Waals surface area contributed by atoms with Gasteiger partial charge in [-0.25, -0.2) is 4.79 Å². The summed E-state index contributed by atoms with van der Waals surface area (Å²) in [7, 11) is 0. The van der Waals surface area contributed by atoms with Gasteiger partial charge in [0.15, 0.2) is 0 Å². The van der Waals surface area contributed by atoms with Crippen molar-refractivity contribution in [2.75, 3.05) is 11.9 Å². The van der Waals surface area contributed by atoms with Crippen LogP contribution in [0.4, 0.5) is 10.5 Å². The van der Waals surface area contributed by atoms with Crippen molar-refractivity contribution in [3.8, 4) is 6.07 Å². The molecule has 0 atom stereocenters. The predicted molar refractivity (Wildman–Crippen MR) is 95.4 cm³/mol. The van der Waals surface area contributed by atoms with Crippen LogP contribution in [0.5, 0.6) is 0 Å². The van der Waals surface area contributed by atoms with Gasteiger partial charge in [-0.15, -0.1) is 0 Å². The van der Waals surface area contributed by atoms with Crippen molar-refractivity contribution < 1.29 is 14.4 Å². The number of carbonyl (C=O) groups excluding carboxylic acids is 3. The van der Waals surface area contributed by atoms with Crippen LogP contribution in [-0.4, -0.2) is 34.8 Å². The van der Waals surface area contributed by atoms with Crippen LogP contribution in [0, 0.1) is 17.2 Å². The maximum Gasteiger partial charge on any atom is 0.325 e. The lowest BCUT2D eigenvalue weighted by Crippen LogP contribution is -2.49. The Kier molecular flexibility index (Phi) is 4.88. The van der Waals surface area contributed by atoms with Gasteiger partial charge in [-0.3, -0.25) is 14.5 Å². The number of benzene rings is 1. The van der Waals surface area contributed by atoms with E-state index in [2.05, 4.69) is 17.6 Å². The Morgan fingerprint density at radius 2 is 2.12 bits per heavy atom. The van der Waals surface area contributed by atoms with Gasteiger partial charge >= 0.3 is 6.03 Å². The van der Waals surface area contributed by atoms with Crippen LogP contribution in [0.15, 0.2) is 18.2 Å². The minimum Gasteiger partial charge on any atom is -0.324 e. The van der Waals surface area contributed by atoms with Gasteiger partial charge < -0.3 is 10.6 Å². The van der Waals surface area contributed by atoms with Crippen molar-refractivity contribution >= 4 is 35.1 Å². The lowest BCUT2D eigenvalue weighted by atomic mass is 9.77. The quantitative estimate of drug-likeness (QED) is 0.794. The van der Waals surface area contributed by atoms with Gasteiger partial charge in [0.1, 0.15) is 18.2 Å². The Labute approximate surface area is 156 Å². The first kappa shape index (κ1) is 18.2. The Hall–Kier alpha value is -2.59. The Morgan fingerprint density at radius 1 is 1.42 bits per heavy atom. The third-order valence-corrected chi connectivity index (χ3v) is 5.36. The first-order chi connectivity index (χ1) is 12.3. The Balaban J connectivity index is 1.66. The van der Waals surface area contributed by atoms with Crippen molar-refractivity contribution in [1.82, 2.24) is 10.2 Å². The predicted octanol–water partition coefficient (Wildman–Crippen LogP) is 2.65. The molecular weight excluding hydrogens is 356 g/mol. The highest BCUT2D eigenvalue weighted by Crippen LogP contribution is 2.36. The van der Waals surface area contributed by atoms with Gasteiger partial charge in [-0.05, 0) is 49.8 Å². The number of hydrogen-bond acceptors (Lipinski definition) is 4. The van der Waals surface area contributed by atoms with Crippen molar-refractivity contribution in [2.45, 2.75) is 38.1 Å². The summed E-state index contributed by atoms with van der Waals surface area (Å²) < 4.78 is 0. The molecule has 26 heavy (non-hydrogen) atoms. The van der Waals surface area contributed by atoms with E-state index in [1.807, 2.05) is 6.07 Å². The van der Waals surface area contributed by atoms with Crippen LogP contribution in [-0.2, 0) is 9.59 Å². The fourth-order valence-corrected chi connectivity index (χ4v) is 3.66. The number of rotatable bonds is 3. The largest absolute Gasteiger partial charge is 0.325 e. The zero-order valence-electron chi connectivity index (χ0n) is 14.3. The molecule has 1 aliphatic carbocycles. The Bertz CT molecular complexity index is 809. The highest BCUT2D eigenvalue weighted by molar-refractivity contribution is 6.32. The van der Waals surface area contributed by atoms with E-state index in [-0.39, 0.29) is 17.5 Å². The molecule has 1 aromatic rings. The summed E-state index contributed by atoms with van der Waals surface area (Å²) in [5.41, 5.74) is -0.166. The molecule has 1 saturated carbocycles. The molecule has 2 N–H and O–H groups in total. The van der Waals surface area contributed by atoms with Gasteiger partial charge in [-0.1, -0.05) is 18.5 Å². The maximum absolute atomic E-state index is 12.7. The molecule has 0 aromatic heterocycles. The summed E-state index contributed by atoms with van der Waals surface area (Å²) in [6.45, 7) is 1.77. The van der Waals surface area contributed by atoms with Crippen LogP contribution in [0.25, 0.3) is 0 Å². The summed E-state index contributed by atoms with van der Waals surface area (Å²) in [6.07, 6.45) is 2.94. The molecule has 3 rings (SSSR count). The summed E-state index contributed by atoms with van der Waals surface area (Å²) in [5, 5.41) is 14.5. The van der Waals surface area contributed by atoms with E-state index in [0.29, 0.717) is 30.0 Å². The molecule has 1 spiro atoms. The molecule has 2 aliphatic rings. The smallest absolute Gasteiger partial charge is 0.324 e. The van der Waals surface area contributed by atoms with Gasteiger partial charge in [0.05, 0.1) is 10.6 Å². The van der Waals surface area contributed by atoms with Crippen molar-refractivity contribution in [3.63, 3.8) is 0 Å². The molecule has 1 heterocycles. The molecule has 4 amide bonds. The lowest BCUT2D eigenvalue weighted by Gasteiger charge is -2.33. The first-order valence-corrected chi connectivity index (χ1v) is 8.86. The molecule has 0 bridgehead atoms. The zero-order chi connectivity index (χ0) is 18.9. The molecule has 136 valence electrons. The summed E-state index contributed by atoms with van der Waals surface area (Å²) in [6, 6.07) is 5.88. The number of hydrogen-bond donors (Lipinski definition) is 2. The third kappa shape index (κ3) is 3.37. The third-order valence-electron chi connectivity index (χ3n) is 5.05. The molecule has 8 heteroatoms. The maximum atomic E-state index is 12.7. The van der Waals surface area contributed by atoms with Crippen molar-refractivity contribution in [1.29, 1.82) is 5.26 Å². The van der Waals surface area contributed by atoms with Gasteiger partial charge in [0.25, 0.3) is 5.91 Å². The first-order valence-electron chi connectivity index (χ1n) is 8.48. The molecule has 1 saturated heterocycles. The van der Waals surface area contributed by atoms with E-state index in [0.717, 1.165) is 17.7 Å². The van der Waals surface area contributed by atoms with Crippen LogP contribution in [0.2, 0.25) is 5.02 Å². The van der Waals surface area contributed by atoms with Crippen LogP contribution in [0.3, 0.4) is 0 Å². The number of halogens is 1. The van der Waals surface area contributed by atoms with E-state index < -0.39 is 17.5 Å². The summed E-state index contributed by atoms with van der Waals surface area (Å²) >= 11 is 5.94. The highest BCUT2D eigenvalue weighted by Gasteiger charge is 2.52. The average molecular weight is 375 g/mol. The molecule has 7 nitrogen and oxygen atoms in total. The van der Waals surface area contributed by atoms with Crippen molar-refractivity contribution in [2.24, 2.45) is 5.92 Å². The van der Waals surface area contributed by atoms with Gasteiger partial charge in [0.2, 0.25) is 5.91 Å². The molecule has 1 aliphatic heterocycles. The fourth-order valence-electron chi connectivity index (χ4n) is 3.44. The molecule has 0 radical (unpaired) electrons. The number of nitrogens with zero attached hydrogens (tertiary/aromatic N) is 2. The second kappa shape index (κ2) is 6.96. The molecule has 1 aromatic carbocycles. The monoisotopic (exact) mass is 374 g/mol. The second-order valence-electron chi connectivity index (χ2n) is 6.94. The average Bonchev–Trinajstić information content (AvgIpc) is 2.82. The second-order valence-corrected chi connectivity index (χ2v) is 7.35. The number of nitriles is 1. The Morgan fingerprint density at radius 3 is 2.73 bits per heavy atom. The standard InChI is InChI=1S/C18H19ClN4O3/c1-11-4-6-18(7-5-11)16(25)23(17(26)22-18)10-15(24)21-13-3-2-12(9-20)14(19)8-13/h2-3,8,11H,4-7,10H2,1H3,(H,21,24)(H,22,26). The highest BCUT2D eigenvalue weighted by atomic mass is 35.5. The summed E-state index contributed by atoms with van der Waals surface area (Å²) in [5.74, 6) is -0.304. The van der Waals surface area contributed by atoms with E-state index in [1.54, 1.807) is 0 Å². The molecule has 0 unspecified atom stereocenters. The number of amides is 4. The van der Waals surface area contributed by atoms with Gasteiger partial charge in [-0.2, -0.15) is 5.26 Å². The molecule has 2 fully saturated rings. The number of nitrogens with one attached hydrogen (secondary N) is 2. The van der Waals surface area contributed by atoms with Gasteiger partial charge in [0, 0.05) is 5.69 Å². The fraction of sp³-hybridized carbons (Fsp3) is 0.444. The summed E-state index contributed by atoms with van der Waals surface area (Å²) in [4.78, 5) is 38.2. The normalized spacial score (nSPS) is 25.1.